The van der Waals surface area contributed by atoms with E-state index in [4.69, 9.17) is 5.73 Å². The maximum atomic E-state index is 12.4. The molecule has 0 heterocycles. The van der Waals surface area contributed by atoms with Gasteiger partial charge in [0, 0.05) is 24.2 Å². The van der Waals surface area contributed by atoms with E-state index in [1.54, 1.807) is 0 Å². The molecule has 0 radical (unpaired) electrons. The Kier molecular flexibility index (Phi) is 3.60. The second-order valence-electron chi connectivity index (χ2n) is 5.58. The molecule has 0 bridgehead atoms. The molecule has 1 aromatic carbocycles. The van der Waals surface area contributed by atoms with Gasteiger partial charge >= 0.3 is 0 Å². The molecule has 0 spiro atoms. The van der Waals surface area contributed by atoms with Crippen molar-refractivity contribution in [3.63, 3.8) is 0 Å². The van der Waals surface area contributed by atoms with Crippen LogP contribution >= 0.6 is 0 Å². The molecule has 2 atom stereocenters. The van der Waals surface area contributed by atoms with E-state index < -0.39 is 0 Å². The maximum absolute atomic E-state index is 12.4. The number of carbonyl (C=O) groups is 1. The predicted octanol–water partition coefficient (Wildman–Crippen LogP) is 2.66. The molecule has 1 saturated carbocycles. The fourth-order valence-electron chi connectivity index (χ4n) is 2.26. The fourth-order valence-corrected chi connectivity index (χ4v) is 2.26. The van der Waals surface area contributed by atoms with Crippen LogP contribution < -0.4 is 5.73 Å². The van der Waals surface area contributed by atoms with Gasteiger partial charge in [0.25, 0.3) is 0 Å². The molecular formula is C15H22N2O. The number of nitrogens with zero attached hydrogens (tertiary/aromatic N) is 1. The molecule has 1 aliphatic rings. The molecule has 1 aromatic rings. The number of nitrogens with two attached hydrogens (primary N) is 1. The molecule has 98 valence electrons. The van der Waals surface area contributed by atoms with E-state index in [1.807, 2.05) is 29.2 Å². The number of nitrogen functional groups attached to an aromatic ring is 1. The van der Waals surface area contributed by atoms with Crippen molar-refractivity contribution in [3.8, 4) is 0 Å². The highest BCUT2D eigenvalue weighted by Gasteiger charge is 2.42. The first-order chi connectivity index (χ1) is 8.50. The highest BCUT2D eigenvalue weighted by molar-refractivity contribution is 5.82. The monoisotopic (exact) mass is 246 g/mol. The van der Waals surface area contributed by atoms with Crippen LogP contribution in [0.3, 0.4) is 0 Å². The van der Waals surface area contributed by atoms with E-state index in [0.717, 1.165) is 17.7 Å². The number of para-hydroxylation sites is 1. The van der Waals surface area contributed by atoms with Crippen molar-refractivity contribution in [2.75, 3.05) is 5.73 Å². The zero-order valence-corrected chi connectivity index (χ0v) is 11.4. The second-order valence-corrected chi connectivity index (χ2v) is 5.58. The number of benzene rings is 1. The van der Waals surface area contributed by atoms with Gasteiger partial charge in [-0.25, -0.2) is 0 Å². The van der Waals surface area contributed by atoms with Crippen molar-refractivity contribution < 1.29 is 4.79 Å². The van der Waals surface area contributed by atoms with Crippen molar-refractivity contribution in [1.29, 1.82) is 0 Å². The smallest absolute Gasteiger partial charge is 0.226 e. The molecule has 0 aromatic heterocycles. The summed E-state index contributed by atoms with van der Waals surface area (Å²) in [4.78, 5) is 14.3. The Bertz CT molecular complexity index is 442. The van der Waals surface area contributed by atoms with Gasteiger partial charge in [-0.15, -0.1) is 0 Å². The average molecular weight is 246 g/mol. The highest BCUT2D eigenvalue weighted by atomic mass is 16.2. The van der Waals surface area contributed by atoms with Crippen molar-refractivity contribution in [2.45, 2.75) is 39.8 Å². The van der Waals surface area contributed by atoms with Gasteiger partial charge in [-0.05, 0) is 37.8 Å². The summed E-state index contributed by atoms with van der Waals surface area (Å²) < 4.78 is 0. The standard InChI is InChI=1S/C15H22N2O/c1-10(2)17(15(18)13-8-11(13)3)9-12-6-4-5-7-14(12)16/h4-7,10-11,13H,8-9,16H2,1-3H3. The van der Waals surface area contributed by atoms with Crippen LogP contribution in [0.5, 0.6) is 0 Å². The minimum absolute atomic E-state index is 0.213. The zero-order valence-electron chi connectivity index (χ0n) is 11.4. The number of hydrogen-bond donors (Lipinski definition) is 1. The van der Waals surface area contributed by atoms with E-state index in [9.17, 15) is 4.79 Å². The molecule has 1 aliphatic carbocycles. The molecule has 2 rings (SSSR count). The third kappa shape index (κ3) is 2.66. The summed E-state index contributed by atoms with van der Waals surface area (Å²) >= 11 is 0. The number of rotatable bonds is 4. The van der Waals surface area contributed by atoms with Gasteiger partial charge in [0.1, 0.15) is 0 Å². The lowest BCUT2D eigenvalue weighted by atomic mass is 10.1. The molecule has 3 heteroatoms. The van der Waals surface area contributed by atoms with Crippen LogP contribution in [0.15, 0.2) is 24.3 Å². The molecule has 1 amide bonds. The van der Waals surface area contributed by atoms with Crippen molar-refractivity contribution >= 4 is 11.6 Å². The van der Waals surface area contributed by atoms with E-state index in [2.05, 4.69) is 20.8 Å². The lowest BCUT2D eigenvalue weighted by Gasteiger charge is -2.27. The summed E-state index contributed by atoms with van der Waals surface area (Å²) in [5.74, 6) is 1.06. The summed E-state index contributed by atoms with van der Waals surface area (Å²) in [7, 11) is 0. The first-order valence-electron chi connectivity index (χ1n) is 6.64. The number of carbonyl (C=O) groups excluding carboxylic acids is 1. The molecule has 0 aliphatic heterocycles. The topological polar surface area (TPSA) is 46.3 Å². The van der Waals surface area contributed by atoms with Crippen molar-refractivity contribution in [3.05, 3.63) is 29.8 Å². The lowest BCUT2D eigenvalue weighted by Crippen LogP contribution is -2.37. The Morgan fingerprint density at radius 3 is 2.56 bits per heavy atom. The first kappa shape index (κ1) is 12.9. The van der Waals surface area contributed by atoms with Gasteiger partial charge in [-0.1, -0.05) is 25.1 Å². The molecule has 18 heavy (non-hydrogen) atoms. The first-order valence-corrected chi connectivity index (χ1v) is 6.64. The molecule has 1 fully saturated rings. The largest absolute Gasteiger partial charge is 0.398 e. The molecule has 2 N–H and O–H groups in total. The quantitative estimate of drug-likeness (QED) is 0.830. The molecule has 2 unspecified atom stereocenters. The van der Waals surface area contributed by atoms with Crippen molar-refractivity contribution in [2.24, 2.45) is 11.8 Å². The van der Waals surface area contributed by atoms with Crippen LogP contribution in [0.1, 0.15) is 32.8 Å². The van der Waals surface area contributed by atoms with Crippen LogP contribution in [0.4, 0.5) is 5.69 Å². The van der Waals surface area contributed by atoms with E-state index in [0.29, 0.717) is 12.5 Å². The maximum Gasteiger partial charge on any atom is 0.226 e. The van der Waals surface area contributed by atoms with Gasteiger partial charge < -0.3 is 10.6 Å². The number of amides is 1. The van der Waals surface area contributed by atoms with Crippen LogP contribution in [0, 0.1) is 11.8 Å². The van der Waals surface area contributed by atoms with Gasteiger partial charge in [0.15, 0.2) is 0 Å². The summed E-state index contributed by atoms with van der Waals surface area (Å²) in [5.41, 5.74) is 7.75. The zero-order chi connectivity index (χ0) is 13.3. The lowest BCUT2D eigenvalue weighted by molar-refractivity contribution is -0.135. The van der Waals surface area contributed by atoms with E-state index >= 15 is 0 Å². The van der Waals surface area contributed by atoms with Crippen LogP contribution in [0.2, 0.25) is 0 Å². The Hall–Kier alpha value is -1.51. The summed E-state index contributed by atoms with van der Waals surface area (Å²) in [6.07, 6.45) is 1.03. The summed E-state index contributed by atoms with van der Waals surface area (Å²) in [6.45, 7) is 6.87. The Morgan fingerprint density at radius 1 is 1.44 bits per heavy atom. The number of anilines is 1. The molecule has 0 saturated heterocycles. The molecular weight excluding hydrogens is 224 g/mol. The van der Waals surface area contributed by atoms with Gasteiger partial charge in [-0.3, -0.25) is 4.79 Å². The highest BCUT2D eigenvalue weighted by Crippen LogP contribution is 2.39. The van der Waals surface area contributed by atoms with Gasteiger partial charge in [-0.2, -0.15) is 0 Å². The van der Waals surface area contributed by atoms with Crippen LogP contribution in [-0.4, -0.2) is 16.8 Å². The van der Waals surface area contributed by atoms with Gasteiger partial charge in [0.2, 0.25) is 5.91 Å². The van der Waals surface area contributed by atoms with E-state index in [-0.39, 0.29) is 17.9 Å². The summed E-state index contributed by atoms with van der Waals surface area (Å²) in [5, 5.41) is 0. The Balaban J connectivity index is 2.12. The normalized spacial score (nSPS) is 22.0. The van der Waals surface area contributed by atoms with E-state index in [1.165, 1.54) is 0 Å². The number of hydrogen-bond acceptors (Lipinski definition) is 2. The summed E-state index contributed by atoms with van der Waals surface area (Å²) in [6, 6.07) is 7.98. The van der Waals surface area contributed by atoms with Crippen molar-refractivity contribution in [1.82, 2.24) is 4.90 Å². The van der Waals surface area contributed by atoms with Crippen LogP contribution in [-0.2, 0) is 11.3 Å². The minimum Gasteiger partial charge on any atom is -0.398 e. The third-order valence-electron chi connectivity index (χ3n) is 3.73. The second kappa shape index (κ2) is 5.01. The third-order valence-corrected chi connectivity index (χ3v) is 3.73. The average Bonchev–Trinajstić information content (AvgIpc) is 3.04. The fraction of sp³-hybridized carbons (Fsp3) is 0.533. The minimum atomic E-state index is 0.213. The SMILES string of the molecule is CC1CC1C(=O)N(Cc1ccccc1N)C(C)C. The predicted molar refractivity (Wildman–Crippen MR) is 73.8 cm³/mol. The van der Waals surface area contributed by atoms with Gasteiger partial charge in [0.05, 0.1) is 0 Å². The Morgan fingerprint density at radius 2 is 2.06 bits per heavy atom. The Labute approximate surface area is 109 Å². The molecule has 3 nitrogen and oxygen atoms in total. The van der Waals surface area contributed by atoms with Crippen LogP contribution in [0.25, 0.3) is 0 Å².